The van der Waals surface area contributed by atoms with E-state index in [0.717, 1.165) is 50.2 Å². The lowest BCUT2D eigenvalue weighted by Gasteiger charge is -2.09. The first-order chi connectivity index (χ1) is 14.5. The van der Waals surface area contributed by atoms with E-state index < -0.39 is 0 Å². The van der Waals surface area contributed by atoms with Gasteiger partial charge in [0.2, 0.25) is 5.91 Å². The molecular weight excluding hydrogens is 374 g/mol. The van der Waals surface area contributed by atoms with E-state index in [4.69, 9.17) is 4.98 Å². The molecule has 0 saturated carbocycles. The second kappa shape index (κ2) is 6.99. The smallest absolute Gasteiger partial charge is 0.226 e. The van der Waals surface area contributed by atoms with Crippen LogP contribution in [-0.2, 0) is 11.3 Å². The molecule has 0 unspecified atom stereocenters. The quantitative estimate of drug-likeness (QED) is 0.474. The molecule has 5 aromatic rings. The van der Waals surface area contributed by atoms with Gasteiger partial charge in [-0.05, 0) is 39.0 Å². The van der Waals surface area contributed by atoms with Gasteiger partial charge in [0.1, 0.15) is 5.82 Å². The highest BCUT2D eigenvalue weighted by Gasteiger charge is 2.18. The van der Waals surface area contributed by atoms with Crippen LogP contribution in [-0.4, -0.2) is 25.1 Å². The normalized spacial score (nSPS) is 11.6. The largest absolute Gasteiger partial charge is 0.324 e. The van der Waals surface area contributed by atoms with Crippen LogP contribution in [0.2, 0.25) is 0 Å². The minimum Gasteiger partial charge on any atom is -0.324 e. The maximum Gasteiger partial charge on any atom is 0.226 e. The van der Waals surface area contributed by atoms with E-state index in [2.05, 4.69) is 26.9 Å². The number of aromatic nitrogens is 4. The molecular formula is C24H23N5O. The molecule has 0 bridgehead atoms. The highest BCUT2D eigenvalue weighted by molar-refractivity contribution is 6.16. The van der Waals surface area contributed by atoms with Gasteiger partial charge in [0, 0.05) is 29.4 Å². The van der Waals surface area contributed by atoms with Gasteiger partial charge < -0.3 is 5.32 Å². The fourth-order valence-corrected chi connectivity index (χ4v) is 4.26. The second-order valence-corrected chi connectivity index (χ2v) is 7.70. The van der Waals surface area contributed by atoms with Gasteiger partial charge in [-0.3, -0.25) is 13.9 Å². The molecule has 3 aromatic heterocycles. The number of anilines is 1. The van der Waals surface area contributed by atoms with E-state index in [1.807, 2.05) is 67.9 Å². The Balaban J connectivity index is 1.60. The van der Waals surface area contributed by atoms with Crippen molar-refractivity contribution in [2.75, 3.05) is 5.32 Å². The van der Waals surface area contributed by atoms with Gasteiger partial charge in [0.25, 0.3) is 0 Å². The van der Waals surface area contributed by atoms with Gasteiger partial charge in [-0.2, -0.15) is 5.10 Å². The molecule has 3 heterocycles. The van der Waals surface area contributed by atoms with Crippen LogP contribution in [0.4, 0.5) is 5.69 Å². The van der Waals surface area contributed by atoms with Gasteiger partial charge in [-0.15, -0.1) is 0 Å². The lowest BCUT2D eigenvalue weighted by atomic mass is 10.1. The summed E-state index contributed by atoms with van der Waals surface area (Å²) in [7, 11) is 0. The van der Waals surface area contributed by atoms with Crippen molar-refractivity contribution in [3.8, 4) is 0 Å². The summed E-state index contributed by atoms with van der Waals surface area (Å²) in [6.45, 7) is 6.52. The Labute approximate surface area is 174 Å². The molecule has 0 saturated heterocycles. The predicted molar refractivity (Wildman–Crippen MR) is 120 cm³/mol. The molecule has 0 aliphatic carbocycles. The highest BCUT2D eigenvalue weighted by Crippen LogP contribution is 2.36. The number of carbonyl (C=O) groups is 1. The number of para-hydroxylation sites is 2. The Bertz CT molecular complexity index is 1430. The van der Waals surface area contributed by atoms with E-state index in [0.29, 0.717) is 13.0 Å². The molecule has 150 valence electrons. The fourth-order valence-electron chi connectivity index (χ4n) is 4.26. The standard InChI is InChI=1S/C24H23N5O/c1-15-14-16(2)28(27-15)13-12-22(30)26-23-19-9-5-7-11-21(19)29-17(3)25-20-10-6-4-8-18(20)24(23)29/h4-11,14H,12-13H2,1-3H3,(H,26,30). The third kappa shape index (κ3) is 2.92. The minimum absolute atomic E-state index is 0.0284. The van der Waals surface area contributed by atoms with Crippen molar-refractivity contribution in [3.05, 3.63) is 71.8 Å². The monoisotopic (exact) mass is 397 g/mol. The van der Waals surface area contributed by atoms with E-state index in [1.165, 1.54) is 0 Å². The van der Waals surface area contributed by atoms with Crippen molar-refractivity contribution in [2.24, 2.45) is 0 Å². The third-order valence-electron chi connectivity index (χ3n) is 5.56. The van der Waals surface area contributed by atoms with E-state index in [-0.39, 0.29) is 5.91 Å². The average molecular weight is 397 g/mol. The zero-order chi connectivity index (χ0) is 20.8. The van der Waals surface area contributed by atoms with Crippen molar-refractivity contribution >= 4 is 38.9 Å². The maximum atomic E-state index is 12.9. The van der Waals surface area contributed by atoms with Crippen LogP contribution >= 0.6 is 0 Å². The molecule has 0 spiro atoms. The number of aryl methyl sites for hydroxylation is 4. The molecule has 6 nitrogen and oxygen atoms in total. The zero-order valence-electron chi connectivity index (χ0n) is 17.3. The highest BCUT2D eigenvalue weighted by atomic mass is 16.1. The number of amides is 1. The zero-order valence-corrected chi connectivity index (χ0v) is 17.3. The first-order valence-electron chi connectivity index (χ1n) is 10.1. The molecule has 0 fully saturated rings. The summed E-state index contributed by atoms with van der Waals surface area (Å²) in [6.07, 6.45) is 0.357. The molecule has 0 radical (unpaired) electrons. The molecule has 30 heavy (non-hydrogen) atoms. The summed E-state index contributed by atoms with van der Waals surface area (Å²) in [5.41, 5.74) is 5.81. The van der Waals surface area contributed by atoms with Crippen LogP contribution in [0.25, 0.3) is 27.3 Å². The number of hydrogen-bond donors (Lipinski definition) is 1. The molecule has 5 rings (SSSR count). The summed E-state index contributed by atoms with van der Waals surface area (Å²) < 4.78 is 4.02. The summed E-state index contributed by atoms with van der Waals surface area (Å²) >= 11 is 0. The van der Waals surface area contributed by atoms with Crippen LogP contribution < -0.4 is 5.32 Å². The number of fused-ring (bicyclic) bond motifs is 5. The van der Waals surface area contributed by atoms with Crippen molar-refractivity contribution in [3.63, 3.8) is 0 Å². The van der Waals surface area contributed by atoms with Crippen LogP contribution in [0.5, 0.6) is 0 Å². The number of carbonyl (C=O) groups excluding carboxylic acids is 1. The van der Waals surface area contributed by atoms with Gasteiger partial charge in [0.05, 0.1) is 27.9 Å². The van der Waals surface area contributed by atoms with Gasteiger partial charge in [0.15, 0.2) is 0 Å². The first kappa shape index (κ1) is 18.4. The Morgan fingerprint density at radius 2 is 1.73 bits per heavy atom. The number of benzene rings is 2. The lowest BCUT2D eigenvalue weighted by Crippen LogP contribution is -2.15. The Kier molecular flexibility index (Phi) is 4.28. The van der Waals surface area contributed by atoms with Crippen LogP contribution in [0, 0.1) is 20.8 Å². The molecule has 6 heteroatoms. The summed E-state index contributed by atoms with van der Waals surface area (Å²) in [5.74, 6) is 0.863. The van der Waals surface area contributed by atoms with Crippen molar-refractivity contribution < 1.29 is 4.79 Å². The van der Waals surface area contributed by atoms with E-state index in [9.17, 15) is 4.79 Å². The topological polar surface area (TPSA) is 64.2 Å². The van der Waals surface area contributed by atoms with Crippen LogP contribution in [0.1, 0.15) is 23.6 Å². The van der Waals surface area contributed by atoms with Crippen molar-refractivity contribution in [1.29, 1.82) is 0 Å². The third-order valence-corrected chi connectivity index (χ3v) is 5.56. The Morgan fingerprint density at radius 1 is 1.00 bits per heavy atom. The molecule has 2 aromatic carbocycles. The number of nitrogens with one attached hydrogen (secondary N) is 1. The summed E-state index contributed by atoms with van der Waals surface area (Å²) in [4.78, 5) is 17.7. The molecule has 1 N–H and O–H groups in total. The van der Waals surface area contributed by atoms with Crippen LogP contribution in [0.15, 0.2) is 54.6 Å². The molecule has 0 aliphatic rings. The maximum absolute atomic E-state index is 12.9. The van der Waals surface area contributed by atoms with Crippen molar-refractivity contribution in [2.45, 2.75) is 33.7 Å². The number of nitrogens with zero attached hydrogens (tertiary/aromatic N) is 4. The van der Waals surface area contributed by atoms with Gasteiger partial charge in [-0.1, -0.05) is 36.4 Å². The molecule has 1 amide bonds. The number of rotatable bonds is 4. The first-order valence-corrected chi connectivity index (χ1v) is 10.1. The predicted octanol–water partition coefficient (Wildman–Crippen LogP) is 4.79. The summed E-state index contributed by atoms with van der Waals surface area (Å²) in [5, 5.41) is 9.68. The second-order valence-electron chi connectivity index (χ2n) is 7.70. The SMILES string of the molecule is Cc1cc(C)n(CCC(=O)Nc2c3ccccc3n3c(C)nc4ccccc4c23)n1. The van der Waals surface area contributed by atoms with Gasteiger partial charge in [-0.25, -0.2) is 4.98 Å². The minimum atomic E-state index is -0.0284. The Hall–Kier alpha value is -3.67. The number of hydrogen-bond acceptors (Lipinski definition) is 3. The van der Waals surface area contributed by atoms with E-state index >= 15 is 0 Å². The van der Waals surface area contributed by atoms with Gasteiger partial charge >= 0.3 is 0 Å². The summed E-state index contributed by atoms with van der Waals surface area (Å²) in [6, 6.07) is 18.2. The van der Waals surface area contributed by atoms with E-state index in [1.54, 1.807) is 0 Å². The Morgan fingerprint density at radius 3 is 2.50 bits per heavy atom. The van der Waals surface area contributed by atoms with Crippen molar-refractivity contribution in [1.82, 2.24) is 19.2 Å². The average Bonchev–Trinajstić information content (AvgIpc) is 3.23. The molecule has 0 aliphatic heterocycles. The fraction of sp³-hybridized carbons (Fsp3) is 0.208. The van der Waals surface area contributed by atoms with Crippen LogP contribution in [0.3, 0.4) is 0 Å². The lowest BCUT2D eigenvalue weighted by molar-refractivity contribution is -0.116. The molecule has 0 atom stereocenters.